The average Bonchev–Trinajstić information content (AvgIpc) is 2.48. The highest BCUT2D eigenvalue weighted by Gasteiger charge is 2.03. The van der Waals surface area contributed by atoms with Crippen molar-refractivity contribution >= 4 is 16.6 Å². The fraction of sp³-hybridized carbons (Fsp3) is 0.118. The Hall–Kier alpha value is -2.39. The van der Waals surface area contributed by atoms with Gasteiger partial charge in [-0.3, -0.25) is 15.3 Å². The largest absolute Gasteiger partial charge is 0.271 e. The molecule has 1 aromatic heterocycles. The molecule has 100 valence electrons. The molecule has 0 fully saturated rings. The van der Waals surface area contributed by atoms with Crippen molar-refractivity contribution in [1.29, 1.82) is 0 Å². The lowest BCUT2D eigenvalue weighted by Gasteiger charge is -2.10. The number of rotatable bonds is 4. The van der Waals surface area contributed by atoms with Gasteiger partial charge in [-0.1, -0.05) is 36.4 Å². The van der Waals surface area contributed by atoms with Gasteiger partial charge in [-0.05, 0) is 36.8 Å². The van der Waals surface area contributed by atoms with E-state index in [-0.39, 0.29) is 0 Å². The number of hydrogen-bond acceptors (Lipinski definition) is 3. The van der Waals surface area contributed by atoms with Crippen LogP contribution >= 0.6 is 0 Å². The molecule has 0 spiro atoms. The predicted molar refractivity (Wildman–Crippen MR) is 81.3 cm³/mol. The second kappa shape index (κ2) is 5.72. The number of aromatic nitrogens is 1. The van der Waals surface area contributed by atoms with Crippen LogP contribution < -0.4 is 5.48 Å². The molecule has 1 N–H and O–H groups in total. The first-order chi connectivity index (χ1) is 9.83. The number of fused-ring (bicyclic) bond motifs is 1. The maximum atomic E-state index is 5.59. The van der Waals surface area contributed by atoms with Crippen LogP contribution in [0.3, 0.4) is 0 Å². The normalized spacial score (nSPS) is 10.7. The topological polar surface area (TPSA) is 34.1 Å². The van der Waals surface area contributed by atoms with Gasteiger partial charge in [0.1, 0.15) is 6.61 Å². The van der Waals surface area contributed by atoms with Crippen molar-refractivity contribution in [3.8, 4) is 0 Å². The van der Waals surface area contributed by atoms with Crippen LogP contribution in [0.2, 0.25) is 0 Å². The van der Waals surface area contributed by atoms with E-state index < -0.39 is 0 Å². The highest BCUT2D eigenvalue weighted by Crippen LogP contribution is 2.19. The Balaban J connectivity index is 1.77. The van der Waals surface area contributed by atoms with Gasteiger partial charge >= 0.3 is 0 Å². The van der Waals surface area contributed by atoms with Gasteiger partial charge in [-0.15, -0.1) is 0 Å². The Morgan fingerprint density at radius 1 is 1.00 bits per heavy atom. The summed E-state index contributed by atoms with van der Waals surface area (Å²) in [6, 6.07) is 20.0. The van der Waals surface area contributed by atoms with E-state index in [1.165, 1.54) is 0 Å². The van der Waals surface area contributed by atoms with Gasteiger partial charge in [0.15, 0.2) is 0 Å². The Labute approximate surface area is 118 Å². The molecule has 3 heteroatoms. The van der Waals surface area contributed by atoms with Gasteiger partial charge in [0.25, 0.3) is 0 Å². The SMILES string of the molecule is Cc1cc(CONc2ccccc2)c2ccccc2n1. The van der Waals surface area contributed by atoms with Crippen molar-refractivity contribution in [2.24, 2.45) is 0 Å². The Morgan fingerprint density at radius 3 is 2.60 bits per heavy atom. The predicted octanol–water partition coefficient (Wildman–Crippen LogP) is 4.09. The number of benzene rings is 2. The third-order valence-electron chi connectivity index (χ3n) is 3.12. The van der Waals surface area contributed by atoms with E-state index in [1.54, 1.807) is 0 Å². The number of nitrogens with zero attached hydrogens (tertiary/aromatic N) is 1. The maximum Gasteiger partial charge on any atom is 0.100 e. The number of aryl methyl sites for hydroxylation is 1. The first-order valence-corrected chi connectivity index (χ1v) is 6.61. The van der Waals surface area contributed by atoms with Gasteiger partial charge in [-0.25, -0.2) is 0 Å². The van der Waals surface area contributed by atoms with Crippen LogP contribution in [0.15, 0.2) is 60.7 Å². The lowest BCUT2D eigenvalue weighted by Crippen LogP contribution is -2.02. The molecule has 0 radical (unpaired) electrons. The molecule has 0 aliphatic rings. The molecule has 0 saturated heterocycles. The van der Waals surface area contributed by atoms with Crippen LogP contribution in [-0.2, 0) is 11.4 Å². The summed E-state index contributed by atoms with van der Waals surface area (Å²) in [5.74, 6) is 0. The Morgan fingerprint density at radius 2 is 1.75 bits per heavy atom. The molecule has 0 unspecified atom stereocenters. The fourth-order valence-electron chi connectivity index (χ4n) is 2.22. The van der Waals surface area contributed by atoms with Crippen molar-refractivity contribution in [1.82, 2.24) is 4.98 Å². The maximum absolute atomic E-state index is 5.59. The third-order valence-corrected chi connectivity index (χ3v) is 3.12. The van der Waals surface area contributed by atoms with Crippen LogP contribution in [0, 0.1) is 6.92 Å². The molecule has 20 heavy (non-hydrogen) atoms. The smallest absolute Gasteiger partial charge is 0.100 e. The molecule has 1 heterocycles. The zero-order valence-electron chi connectivity index (χ0n) is 11.3. The molecular formula is C17H16N2O. The molecule has 0 aliphatic heterocycles. The van der Waals surface area contributed by atoms with Crippen molar-refractivity contribution < 1.29 is 4.84 Å². The van der Waals surface area contributed by atoms with E-state index in [0.717, 1.165) is 27.8 Å². The van der Waals surface area contributed by atoms with Gasteiger partial charge in [0, 0.05) is 11.1 Å². The summed E-state index contributed by atoms with van der Waals surface area (Å²) in [6.45, 7) is 2.50. The lowest BCUT2D eigenvalue weighted by molar-refractivity contribution is 0.181. The second-order valence-corrected chi connectivity index (χ2v) is 4.70. The van der Waals surface area contributed by atoms with E-state index in [9.17, 15) is 0 Å². The summed E-state index contributed by atoms with van der Waals surface area (Å²) in [5, 5.41) is 1.13. The number of anilines is 1. The molecule has 3 rings (SSSR count). The minimum atomic E-state index is 0.499. The molecule has 0 amide bonds. The van der Waals surface area contributed by atoms with E-state index in [2.05, 4.69) is 22.6 Å². The molecule has 2 aromatic carbocycles. The minimum absolute atomic E-state index is 0.499. The van der Waals surface area contributed by atoms with Gasteiger partial charge in [-0.2, -0.15) is 0 Å². The van der Waals surface area contributed by atoms with Crippen molar-refractivity contribution in [3.05, 3.63) is 71.9 Å². The highest BCUT2D eigenvalue weighted by atomic mass is 16.6. The van der Waals surface area contributed by atoms with Crippen LogP contribution in [0.5, 0.6) is 0 Å². The number of hydrogen-bond donors (Lipinski definition) is 1. The Kier molecular flexibility index (Phi) is 3.61. The molecule has 0 atom stereocenters. The van der Waals surface area contributed by atoms with Gasteiger partial charge in [0.2, 0.25) is 0 Å². The van der Waals surface area contributed by atoms with E-state index in [0.29, 0.717) is 6.61 Å². The van der Waals surface area contributed by atoms with Crippen molar-refractivity contribution in [2.45, 2.75) is 13.5 Å². The molecule has 0 aliphatic carbocycles. The summed E-state index contributed by atoms with van der Waals surface area (Å²) in [5.41, 5.74) is 7.05. The fourth-order valence-corrected chi connectivity index (χ4v) is 2.22. The van der Waals surface area contributed by atoms with Crippen molar-refractivity contribution in [3.63, 3.8) is 0 Å². The molecule has 0 saturated carbocycles. The van der Waals surface area contributed by atoms with Crippen LogP contribution in [0.1, 0.15) is 11.3 Å². The first kappa shape index (κ1) is 12.6. The number of para-hydroxylation sites is 2. The van der Waals surface area contributed by atoms with E-state index >= 15 is 0 Å². The third kappa shape index (κ3) is 2.78. The van der Waals surface area contributed by atoms with Crippen LogP contribution in [-0.4, -0.2) is 4.98 Å². The quantitative estimate of drug-likeness (QED) is 0.721. The molecular weight excluding hydrogens is 248 g/mol. The zero-order valence-corrected chi connectivity index (χ0v) is 11.3. The van der Waals surface area contributed by atoms with Gasteiger partial charge in [0.05, 0.1) is 11.2 Å². The summed E-state index contributed by atoms with van der Waals surface area (Å²) in [7, 11) is 0. The lowest BCUT2D eigenvalue weighted by atomic mass is 10.1. The molecule has 3 nitrogen and oxygen atoms in total. The Bertz CT molecular complexity index is 711. The van der Waals surface area contributed by atoms with E-state index in [1.807, 2.05) is 55.5 Å². The first-order valence-electron chi connectivity index (χ1n) is 6.61. The summed E-state index contributed by atoms with van der Waals surface area (Å²) < 4.78 is 0. The number of pyridine rings is 1. The van der Waals surface area contributed by atoms with Crippen molar-refractivity contribution in [2.75, 3.05) is 5.48 Å². The highest BCUT2D eigenvalue weighted by molar-refractivity contribution is 5.82. The minimum Gasteiger partial charge on any atom is -0.271 e. The van der Waals surface area contributed by atoms with Crippen LogP contribution in [0.4, 0.5) is 5.69 Å². The zero-order chi connectivity index (χ0) is 13.8. The summed E-state index contributed by atoms with van der Waals surface area (Å²) >= 11 is 0. The van der Waals surface area contributed by atoms with Crippen LogP contribution in [0.25, 0.3) is 10.9 Å². The second-order valence-electron chi connectivity index (χ2n) is 4.70. The summed E-state index contributed by atoms with van der Waals surface area (Å²) in [4.78, 5) is 10.1. The number of nitrogens with one attached hydrogen (secondary N) is 1. The summed E-state index contributed by atoms with van der Waals surface area (Å²) in [6.07, 6.45) is 0. The average molecular weight is 264 g/mol. The monoisotopic (exact) mass is 264 g/mol. The van der Waals surface area contributed by atoms with E-state index in [4.69, 9.17) is 4.84 Å². The standard InChI is InChI=1S/C17H16N2O/c1-13-11-14(16-9-5-6-10-17(16)18-13)12-20-19-15-7-3-2-4-8-15/h2-11,19H,12H2,1H3. The van der Waals surface area contributed by atoms with Gasteiger partial charge < -0.3 is 0 Å². The molecule has 3 aromatic rings. The molecule has 0 bridgehead atoms.